The number of amides is 1. The predicted octanol–water partition coefficient (Wildman–Crippen LogP) is 3.40. The van der Waals surface area contributed by atoms with Gasteiger partial charge in [0.05, 0.1) is 16.4 Å². The lowest BCUT2D eigenvalue weighted by molar-refractivity contribution is 0.102. The van der Waals surface area contributed by atoms with Crippen molar-refractivity contribution in [2.75, 3.05) is 5.32 Å². The summed E-state index contributed by atoms with van der Waals surface area (Å²) in [4.78, 5) is 12.0. The highest BCUT2D eigenvalue weighted by atomic mass is 79.9. The normalized spacial score (nSPS) is 10.4. The Balaban J connectivity index is 2.22. The summed E-state index contributed by atoms with van der Waals surface area (Å²) in [6, 6.07) is 5.04. The Bertz CT molecular complexity index is 609. The molecular weight excluding hydrogens is 318 g/mol. The molecule has 0 saturated carbocycles. The van der Waals surface area contributed by atoms with E-state index < -0.39 is 0 Å². The first-order chi connectivity index (χ1) is 8.47. The summed E-state index contributed by atoms with van der Waals surface area (Å²) in [7, 11) is 1.81. The monoisotopic (exact) mass is 327 g/mol. The molecular formula is C12H11BrClN3O. The minimum Gasteiger partial charge on any atom is -0.319 e. The van der Waals surface area contributed by atoms with Crippen molar-refractivity contribution < 1.29 is 4.79 Å². The van der Waals surface area contributed by atoms with Gasteiger partial charge in [0.2, 0.25) is 0 Å². The van der Waals surface area contributed by atoms with Gasteiger partial charge in [-0.05, 0) is 41.1 Å². The molecule has 2 rings (SSSR count). The summed E-state index contributed by atoms with van der Waals surface area (Å²) in [5.41, 5.74) is 2.02. The Morgan fingerprint density at radius 3 is 2.78 bits per heavy atom. The van der Waals surface area contributed by atoms with Crippen molar-refractivity contribution >= 4 is 39.1 Å². The number of carbonyl (C=O) groups excluding carboxylic acids is 1. The van der Waals surface area contributed by atoms with Gasteiger partial charge in [-0.25, -0.2) is 0 Å². The molecule has 1 heterocycles. The second kappa shape index (κ2) is 5.12. The summed E-state index contributed by atoms with van der Waals surface area (Å²) < 4.78 is 2.35. The number of benzene rings is 1. The minimum atomic E-state index is -0.191. The number of aryl methyl sites for hydroxylation is 2. The Morgan fingerprint density at radius 2 is 2.22 bits per heavy atom. The van der Waals surface area contributed by atoms with E-state index >= 15 is 0 Å². The number of hydrogen-bond acceptors (Lipinski definition) is 2. The maximum Gasteiger partial charge on any atom is 0.255 e. The Kier molecular flexibility index (Phi) is 3.73. The molecule has 6 heteroatoms. The number of aromatic nitrogens is 2. The fourth-order valence-electron chi connectivity index (χ4n) is 1.55. The molecule has 0 unspecified atom stereocenters. The standard InChI is InChI=1S/C12H11BrClN3O/c1-7-11(6-17(2)16-7)15-12(18)8-3-4-10(14)9(13)5-8/h3-6H,1-2H3,(H,15,18). The summed E-state index contributed by atoms with van der Waals surface area (Å²) >= 11 is 9.17. The van der Waals surface area contributed by atoms with E-state index in [1.807, 2.05) is 14.0 Å². The van der Waals surface area contributed by atoms with E-state index in [0.717, 1.165) is 5.69 Å². The van der Waals surface area contributed by atoms with Crippen LogP contribution in [0.25, 0.3) is 0 Å². The summed E-state index contributed by atoms with van der Waals surface area (Å²) in [5.74, 6) is -0.191. The van der Waals surface area contributed by atoms with E-state index in [4.69, 9.17) is 11.6 Å². The SMILES string of the molecule is Cc1nn(C)cc1NC(=O)c1ccc(Cl)c(Br)c1. The van der Waals surface area contributed by atoms with Crippen LogP contribution >= 0.6 is 27.5 Å². The highest BCUT2D eigenvalue weighted by Gasteiger charge is 2.11. The first-order valence-electron chi connectivity index (χ1n) is 5.24. The molecule has 0 radical (unpaired) electrons. The number of nitrogens with zero attached hydrogens (tertiary/aromatic N) is 2. The molecule has 0 bridgehead atoms. The summed E-state index contributed by atoms with van der Waals surface area (Å²) in [6.45, 7) is 1.84. The second-order valence-corrected chi connectivity index (χ2v) is 5.15. The van der Waals surface area contributed by atoms with Crippen molar-refractivity contribution in [2.24, 2.45) is 7.05 Å². The van der Waals surface area contributed by atoms with Gasteiger partial charge in [-0.2, -0.15) is 5.10 Å². The van der Waals surface area contributed by atoms with Gasteiger partial charge >= 0.3 is 0 Å². The molecule has 0 atom stereocenters. The number of anilines is 1. The number of carbonyl (C=O) groups is 1. The van der Waals surface area contributed by atoms with Gasteiger partial charge in [-0.3, -0.25) is 9.48 Å². The summed E-state index contributed by atoms with van der Waals surface area (Å²) in [5, 5.41) is 7.54. The molecule has 0 saturated heterocycles. The van der Waals surface area contributed by atoms with Gasteiger partial charge in [0, 0.05) is 23.3 Å². The molecule has 4 nitrogen and oxygen atoms in total. The zero-order chi connectivity index (χ0) is 13.3. The van der Waals surface area contributed by atoms with E-state index in [1.165, 1.54) is 0 Å². The summed E-state index contributed by atoms with van der Waals surface area (Å²) in [6.07, 6.45) is 1.76. The lowest BCUT2D eigenvalue weighted by Gasteiger charge is -2.04. The highest BCUT2D eigenvalue weighted by molar-refractivity contribution is 9.10. The minimum absolute atomic E-state index is 0.191. The molecule has 2 aromatic rings. The largest absolute Gasteiger partial charge is 0.319 e. The van der Waals surface area contributed by atoms with Crippen molar-refractivity contribution in [2.45, 2.75) is 6.92 Å². The van der Waals surface area contributed by atoms with E-state index in [-0.39, 0.29) is 5.91 Å². The third kappa shape index (κ3) is 2.73. The van der Waals surface area contributed by atoms with Crippen LogP contribution in [-0.4, -0.2) is 15.7 Å². The van der Waals surface area contributed by atoms with E-state index in [2.05, 4.69) is 26.3 Å². The van der Waals surface area contributed by atoms with E-state index in [0.29, 0.717) is 20.7 Å². The van der Waals surface area contributed by atoms with Crippen LogP contribution in [0.2, 0.25) is 5.02 Å². The van der Waals surface area contributed by atoms with Crippen molar-refractivity contribution in [3.63, 3.8) is 0 Å². The van der Waals surface area contributed by atoms with Gasteiger partial charge in [0.1, 0.15) is 0 Å². The van der Waals surface area contributed by atoms with Gasteiger partial charge in [0.25, 0.3) is 5.91 Å². The molecule has 1 N–H and O–H groups in total. The van der Waals surface area contributed by atoms with Crippen molar-refractivity contribution in [1.82, 2.24) is 9.78 Å². The fourth-order valence-corrected chi connectivity index (χ4v) is 2.05. The Morgan fingerprint density at radius 1 is 1.50 bits per heavy atom. The first-order valence-corrected chi connectivity index (χ1v) is 6.41. The molecule has 0 aliphatic heterocycles. The van der Waals surface area contributed by atoms with Crippen LogP contribution < -0.4 is 5.32 Å². The first kappa shape index (κ1) is 13.1. The van der Waals surface area contributed by atoms with Crippen LogP contribution in [0.3, 0.4) is 0 Å². The van der Waals surface area contributed by atoms with Crippen LogP contribution in [0.5, 0.6) is 0 Å². The molecule has 1 aromatic heterocycles. The third-order valence-electron chi connectivity index (χ3n) is 2.44. The smallest absolute Gasteiger partial charge is 0.255 e. The van der Waals surface area contributed by atoms with Crippen LogP contribution in [0, 0.1) is 6.92 Å². The Hall–Kier alpha value is -1.33. The molecule has 0 aliphatic rings. The number of hydrogen-bond donors (Lipinski definition) is 1. The van der Waals surface area contributed by atoms with E-state index in [1.54, 1.807) is 29.1 Å². The average molecular weight is 329 g/mol. The van der Waals surface area contributed by atoms with Gasteiger partial charge in [-0.1, -0.05) is 11.6 Å². The Labute approximate surface area is 118 Å². The predicted molar refractivity (Wildman–Crippen MR) is 75.1 cm³/mol. The quantitative estimate of drug-likeness (QED) is 0.918. The fraction of sp³-hybridized carbons (Fsp3) is 0.167. The zero-order valence-electron chi connectivity index (χ0n) is 9.87. The van der Waals surface area contributed by atoms with Gasteiger partial charge < -0.3 is 5.32 Å². The molecule has 0 aliphatic carbocycles. The van der Waals surface area contributed by atoms with E-state index in [9.17, 15) is 4.79 Å². The van der Waals surface area contributed by atoms with Crippen molar-refractivity contribution in [1.29, 1.82) is 0 Å². The van der Waals surface area contributed by atoms with Crippen LogP contribution in [-0.2, 0) is 7.05 Å². The van der Waals surface area contributed by atoms with Gasteiger partial charge in [0.15, 0.2) is 0 Å². The van der Waals surface area contributed by atoms with Crippen molar-refractivity contribution in [3.8, 4) is 0 Å². The lowest BCUT2D eigenvalue weighted by Crippen LogP contribution is -2.12. The van der Waals surface area contributed by atoms with Crippen LogP contribution in [0.4, 0.5) is 5.69 Å². The maximum absolute atomic E-state index is 12.0. The molecule has 0 spiro atoms. The van der Waals surface area contributed by atoms with Crippen LogP contribution in [0.15, 0.2) is 28.9 Å². The average Bonchev–Trinajstić information content (AvgIpc) is 2.61. The molecule has 1 amide bonds. The molecule has 1 aromatic carbocycles. The van der Waals surface area contributed by atoms with Crippen LogP contribution in [0.1, 0.15) is 16.1 Å². The highest BCUT2D eigenvalue weighted by Crippen LogP contribution is 2.24. The van der Waals surface area contributed by atoms with Crippen molar-refractivity contribution in [3.05, 3.63) is 45.1 Å². The number of rotatable bonds is 2. The third-order valence-corrected chi connectivity index (χ3v) is 3.66. The lowest BCUT2D eigenvalue weighted by atomic mass is 10.2. The molecule has 94 valence electrons. The molecule has 18 heavy (non-hydrogen) atoms. The number of halogens is 2. The van der Waals surface area contributed by atoms with Gasteiger partial charge in [-0.15, -0.1) is 0 Å². The zero-order valence-corrected chi connectivity index (χ0v) is 12.2. The number of nitrogens with one attached hydrogen (secondary N) is 1. The maximum atomic E-state index is 12.0. The molecule has 0 fully saturated rings. The topological polar surface area (TPSA) is 46.9 Å². The second-order valence-electron chi connectivity index (χ2n) is 3.88.